The molecule has 1 aliphatic carbocycles. The van der Waals surface area contributed by atoms with E-state index in [1.54, 1.807) is 24.0 Å². The SMILES string of the molecule is Cc1ccc(C(=O)N2CCN([C@H](C(=O)N3CCCC[C@@H]3C)C3CCCC3)CC2)cc1[N+](=O)[O-]. The first kappa shape index (κ1) is 23.7. The molecule has 2 atom stereocenters. The van der Waals surface area contributed by atoms with Gasteiger partial charge in [0.1, 0.15) is 0 Å². The number of nitrogens with zero attached hydrogens (tertiary/aromatic N) is 4. The van der Waals surface area contributed by atoms with Gasteiger partial charge in [-0.15, -0.1) is 0 Å². The molecular formula is C25H36N4O4. The molecule has 8 nitrogen and oxygen atoms in total. The molecule has 2 saturated heterocycles. The van der Waals surface area contributed by atoms with Crippen molar-refractivity contribution in [2.24, 2.45) is 5.92 Å². The van der Waals surface area contributed by atoms with Gasteiger partial charge in [-0.1, -0.05) is 18.9 Å². The summed E-state index contributed by atoms with van der Waals surface area (Å²) in [5.74, 6) is 0.503. The van der Waals surface area contributed by atoms with Crippen molar-refractivity contribution >= 4 is 17.5 Å². The highest BCUT2D eigenvalue weighted by molar-refractivity contribution is 5.95. The Morgan fingerprint density at radius 3 is 2.30 bits per heavy atom. The zero-order chi connectivity index (χ0) is 23.5. The maximum atomic E-state index is 13.7. The van der Waals surface area contributed by atoms with Gasteiger partial charge in [0.05, 0.1) is 11.0 Å². The summed E-state index contributed by atoms with van der Waals surface area (Å²) < 4.78 is 0. The van der Waals surface area contributed by atoms with Crippen LogP contribution >= 0.6 is 0 Å². The van der Waals surface area contributed by atoms with Gasteiger partial charge in [-0.05, 0) is 57.9 Å². The van der Waals surface area contributed by atoms with Crippen LogP contribution in [0.5, 0.6) is 0 Å². The number of nitro groups is 1. The molecule has 0 N–H and O–H groups in total. The molecule has 1 aromatic rings. The molecule has 0 bridgehead atoms. The molecule has 1 aromatic carbocycles. The Bertz CT molecular complexity index is 890. The molecule has 1 saturated carbocycles. The first-order valence-electron chi connectivity index (χ1n) is 12.5. The number of piperidine rings is 1. The maximum absolute atomic E-state index is 13.7. The Balaban J connectivity index is 1.45. The van der Waals surface area contributed by atoms with Gasteiger partial charge in [-0.25, -0.2) is 0 Å². The van der Waals surface area contributed by atoms with Crippen molar-refractivity contribution in [1.29, 1.82) is 0 Å². The highest BCUT2D eigenvalue weighted by Gasteiger charge is 2.40. The number of benzene rings is 1. The van der Waals surface area contributed by atoms with Crippen molar-refractivity contribution in [3.8, 4) is 0 Å². The lowest BCUT2D eigenvalue weighted by molar-refractivity contribution is -0.385. The number of hydrogen-bond acceptors (Lipinski definition) is 5. The molecule has 0 aromatic heterocycles. The van der Waals surface area contributed by atoms with Crippen LogP contribution in [0.15, 0.2) is 18.2 Å². The van der Waals surface area contributed by atoms with E-state index in [-0.39, 0.29) is 23.5 Å². The Morgan fingerprint density at radius 2 is 1.67 bits per heavy atom. The van der Waals surface area contributed by atoms with Crippen molar-refractivity contribution in [2.75, 3.05) is 32.7 Å². The number of carbonyl (C=O) groups is 2. The lowest BCUT2D eigenvalue weighted by Crippen LogP contribution is -2.60. The van der Waals surface area contributed by atoms with Crippen LogP contribution in [-0.4, -0.2) is 76.2 Å². The highest BCUT2D eigenvalue weighted by Crippen LogP contribution is 2.33. The van der Waals surface area contributed by atoms with E-state index in [0.717, 1.165) is 32.2 Å². The Kier molecular flexibility index (Phi) is 7.32. The number of aryl methyl sites for hydroxylation is 1. The first-order valence-corrected chi connectivity index (χ1v) is 12.5. The van der Waals surface area contributed by atoms with Gasteiger partial charge in [0.25, 0.3) is 11.6 Å². The molecular weight excluding hydrogens is 420 g/mol. The third-order valence-electron chi connectivity index (χ3n) is 7.83. The topological polar surface area (TPSA) is 87.0 Å². The fourth-order valence-electron chi connectivity index (χ4n) is 5.85. The molecule has 8 heteroatoms. The number of carbonyl (C=O) groups excluding carboxylic acids is 2. The fraction of sp³-hybridized carbons (Fsp3) is 0.680. The number of hydrogen-bond donors (Lipinski definition) is 0. The minimum absolute atomic E-state index is 0.0259. The zero-order valence-electron chi connectivity index (χ0n) is 19.9. The summed E-state index contributed by atoms with van der Waals surface area (Å²) in [7, 11) is 0. The van der Waals surface area contributed by atoms with Gasteiger partial charge in [0.15, 0.2) is 0 Å². The summed E-state index contributed by atoms with van der Waals surface area (Å²) >= 11 is 0. The van der Waals surface area contributed by atoms with Crippen molar-refractivity contribution < 1.29 is 14.5 Å². The Labute approximate surface area is 196 Å². The summed E-state index contributed by atoms with van der Waals surface area (Å²) in [5.41, 5.74) is 0.875. The van der Waals surface area contributed by atoms with Crippen LogP contribution in [0.25, 0.3) is 0 Å². The van der Waals surface area contributed by atoms with Crippen LogP contribution < -0.4 is 0 Å². The second-order valence-corrected chi connectivity index (χ2v) is 9.95. The average Bonchev–Trinajstić information content (AvgIpc) is 3.34. The van der Waals surface area contributed by atoms with E-state index in [1.165, 1.54) is 25.3 Å². The Morgan fingerprint density at radius 1 is 1.00 bits per heavy atom. The van der Waals surface area contributed by atoms with Crippen LogP contribution in [0, 0.1) is 23.0 Å². The number of likely N-dealkylation sites (tertiary alicyclic amines) is 1. The third-order valence-corrected chi connectivity index (χ3v) is 7.83. The molecule has 33 heavy (non-hydrogen) atoms. The molecule has 0 unspecified atom stereocenters. The van der Waals surface area contributed by atoms with Gasteiger partial charge in [-0.2, -0.15) is 0 Å². The minimum Gasteiger partial charge on any atom is -0.339 e. The summed E-state index contributed by atoms with van der Waals surface area (Å²) in [6.07, 6.45) is 7.93. The first-order chi connectivity index (χ1) is 15.9. The summed E-state index contributed by atoms with van der Waals surface area (Å²) in [4.78, 5) is 43.8. The van der Waals surface area contributed by atoms with Crippen molar-refractivity contribution in [1.82, 2.24) is 14.7 Å². The van der Waals surface area contributed by atoms with E-state index < -0.39 is 4.92 Å². The van der Waals surface area contributed by atoms with Gasteiger partial charge in [-0.3, -0.25) is 24.6 Å². The quantitative estimate of drug-likeness (QED) is 0.499. The molecule has 180 valence electrons. The molecule has 4 rings (SSSR count). The zero-order valence-corrected chi connectivity index (χ0v) is 19.9. The Hall–Kier alpha value is -2.48. The van der Waals surface area contributed by atoms with E-state index in [2.05, 4.69) is 16.7 Å². The predicted octanol–water partition coefficient (Wildman–Crippen LogP) is 3.62. The molecule has 2 heterocycles. The predicted molar refractivity (Wildman–Crippen MR) is 126 cm³/mol. The molecule has 3 fully saturated rings. The fourth-order valence-corrected chi connectivity index (χ4v) is 5.85. The molecule has 2 aliphatic heterocycles. The minimum atomic E-state index is -0.441. The van der Waals surface area contributed by atoms with Gasteiger partial charge in [0, 0.05) is 56.0 Å². The second-order valence-electron chi connectivity index (χ2n) is 9.95. The second kappa shape index (κ2) is 10.2. The van der Waals surface area contributed by atoms with E-state index in [0.29, 0.717) is 49.3 Å². The maximum Gasteiger partial charge on any atom is 0.273 e. The van der Waals surface area contributed by atoms with Gasteiger partial charge < -0.3 is 9.80 Å². The smallest absolute Gasteiger partial charge is 0.273 e. The van der Waals surface area contributed by atoms with Crippen LogP contribution in [0.3, 0.4) is 0 Å². The summed E-state index contributed by atoms with van der Waals surface area (Å²) in [5, 5.41) is 11.3. The summed E-state index contributed by atoms with van der Waals surface area (Å²) in [6, 6.07) is 4.89. The van der Waals surface area contributed by atoms with Crippen molar-refractivity contribution in [3.05, 3.63) is 39.4 Å². The molecule has 0 spiro atoms. The highest BCUT2D eigenvalue weighted by atomic mass is 16.6. The van der Waals surface area contributed by atoms with E-state index in [9.17, 15) is 19.7 Å². The molecule has 0 radical (unpaired) electrons. The third kappa shape index (κ3) is 5.05. The standard InChI is InChI=1S/C25H36N4O4/c1-18-10-11-21(17-22(18)29(32)33)24(30)27-15-13-26(14-16-27)23(20-8-3-4-9-20)25(31)28-12-6-5-7-19(28)2/h10-11,17,19-20,23H,3-9,12-16H2,1-2H3/t19-,23-/m0/s1. The normalized spacial score (nSPS) is 23.5. The van der Waals surface area contributed by atoms with Crippen molar-refractivity contribution in [2.45, 2.75) is 70.9 Å². The number of piperazine rings is 1. The van der Waals surface area contributed by atoms with Crippen LogP contribution in [0.2, 0.25) is 0 Å². The van der Waals surface area contributed by atoms with Crippen LogP contribution in [0.4, 0.5) is 5.69 Å². The lowest BCUT2D eigenvalue weighted by atomic mass is 9.92. The van der Waals surface area contributed by atoms with E-state index >= 15 is 0 Å². The number of nitro benzene ring substituents is 1. The van der Waals surface area contributed by atoms with Crippen molar-refractivity contribution in [3.63, 3.8) is 0 Å². The number of amides is 2. The largest absolute Gasteiger partial charge is 0.339 e. The monoisotopic (exact) mass is 456 g/mol. The summed E-state index contributed by atoms with van der Waals surface area (Å²) in [6.45, 7) is 7.09. The average molecular weight is 457 g/mol. The molecule has 2 amide bonds. The van der Waals surface area contributed by atoms with Crippen LogP contribution in [0.1, 0.15) is 67.8 Å². The van der Waals surface area contributed by atoms with Crippen LogP contribution in [-0.2, 0) is 4.79 Å². The lowest BCUT2D eigenvalue weighted by Gasteiger charge is -2.44. The van der Waals surface area contributed by atoms with Gasteiger partial charge >= 0.3 is 0 Å². The number of rotatable bonds is 5. The van der Waals surface area contributed by atoms with E-state index in [4.69, 9.17) is 0 Å². The van der Waals surface area contributed by atoms with Gasteiger partial charge in [0.2, 0.25) is 5.91 Å². The van der Waals surface area contributed by atoms with E-state index in [1.807, 2.05) is 0 Å². The molecule has 3 aliphatic rings.